The molecule has 3 rings (SSSR count). The fourth-order valence-electron chi connectivity index (χ4n) is 2.42. The van der Waals surface area contributed by atoms with Crippen LogP contribution < -0.4 is 10.0 Å². The zero-order valence-corrected chi connectivity index (χ0v) is 17.0. The van der Waals surface area contributed by atoms with Gasteiger partial charge < -0.3 is 0 Å². The SMILES string of the molecule is Cc1ccc(S(=O)(=O)NCc2ccccc2)cc1C(=O)Nc1nnc(C(F)(F)F)s1. The Hall–Kier alpha value is -2.83. The Bertz CT molecular complexity index is 1160. The monoisotopic (exact) mass is 456 g/mol. The van der Waals surface area contributed by atoms with Gasteiger partial charge in [0, 0.05) is 12.1 Å². The van der Waals surface area contributed by atoms with Crippen LogP contribution in [0.1, 0.15) is 26.5 Å². The lowest BCUT2D eigenvalue weighted by Gasteiger charge is -2.10. The number of alkyl halides is 3. The third-order valence-electron chi connectivity index (χ3n) is 3.96. The van der Waals surface area contributed by atoms with Gasteiger partial charge >= 0.3 is 6.18 Å². The molecular formula is C18H15F3N4O3S2. The van der Waals surface area contributed by atoms with Crippen LogP contribution in [-0.2, 0) is 22.7 Å². The lowest BCUT2D eigenvalue weighted by atomic mass is 10.1. The predicted molar refractivity (Wildman–Crippen MR) is 105 cm³/mol. The summed E-state index contributed by atoms with van der Waals surface area (Å²) in [7, 11) is -3.92. The molecule has 158 valence electrons. The number of sulfonamides is 1. The zero-order valence-electron chi connectivity index (χ0n) is 15.4. The Labute approximate surface area is 174 Å². The summed E-state index contributed by atoms with van der Waals surface area (Å²) in [5, 5.41) is 6.96. The van der Waals surface area contributed by atoms with Crippen molar-refractivity contribution < 1.29 is 26.4 Å². The number of aromatic nitrogens is 2. The van der Waals surface area contributed by atoms with Crippen LogP contribution in [0.4, 0.5) is 18.3 Å². The van der Waals surface area contributed by atoms with Crippen LogP contribution in [0.2, 0.25) is 0 Å². The van der Waals surface area contributed by atoms with Gasteiger partial charge in [-0.2, -0.15) is 13.2 Å². The van der Waals surface area contributed by atoms with Crippen LogP contribution in [0.3, 0.4) is 0 Å². The highest BCUT2D eigenvalue weighted by Crippen LogP contribution is 2.33. The second-order valence-electron chi connectivity index (χ2n) is 6.15. The number of hydrogen-bond donors (Lipinski definition) is 2. The minimum atomic E-state index is -4.67. The van der Waals surface area contributed by atoms with E-state index in [1.807, 2.05) is 0 Å². The average molecular weight is 456 g/mol. The van der Waals surface area contributed by atoms with Crippen molar-refractivity contribution in [1.82, 2.24) is 14.9 Å². The number of carbonyl (C=O) groups is 1. The molecule has 12 heteroatoms. The molecular weight excluding hydrogens is 441 g/mol. The summed E-state index contributed by atoms with van der Waals surface area (Å²) >= 11 is 0.174. The summed E-state index contributed by atoms with van der Waals surface area (Å²) in [5.41, 5.74) is 1.18. The Morgan fingerprint density at radius 2 is 1.80 bits per heavy atom. The molecule has 0 aliphatic rings. The predicted octanol–water partition coefficient (Wildman–Crippen LogP) is 3.60. The Balaban J connectivity index is 1.78. The quantitative estimate of drug-likeness (QED) is 0.590. The molecule has 0 atom stereocenters. The van der Waals surface area contributed by atoms with Crippen molar-refractivity contribution in [3.8, 4) is 0 Å². The van der Waals surface area contributed by atoms with Crippen LogP contribution in [0.5, 0.6) is 0 Å². The first-order chi connectivity index (χ1) is 14.1. The number of benzene rings is 2. The summed E-state index contributed by atoms with van der Waals surface area (Å²) in [5.74, 6) is -0.794. The number of nitrogens with one attached hydrogen (secondary N) is 2. The van der Waals surface area contributed by atoms with Crippen LogP contribution in [-0.4, -0.2) is 24.5 Å². The van der Waals surface area contributed by atoms with E-state index in [2.05, 4.69) is 20.2 Å². The molecule has 0 bridgehead atoms. The van der Waals surface area contributed by atoms with Crippen molar-refractivity contribution in [3.63, 3.8) is 0 Å². The first-order valence-electron chi connectivity index (χ1n) is 8.42. The normalized spacial score (nSPS) is 12.0. The van der Waals surface area contributed by atoms with Crippen LogP contribution >= 0.6 is 11.3 Å². The summed E-state index contributed by atoms with van der Waals surface area (Å²) in [6.07, 6.45) is -4.67. The molecule has 0 spiro atoms. The van der Waals surface area contributed by atoms with Gasteiger partial charge in [-0.25, -0.2) is 13.1 Å². The molecule has 2 N–H and O–H groups in total. The van der Waals surface area contributed by atoms with E-state index in [1.165, 1.54) is 12.1 Å². The van der Waals surface area contributed by atoms with Gasteiger partial charge in [0.2, 0.25) is 20.2 Å². The number of nitrogens with zero attached hydrogens (tertiary/aromatic N) is 2. The van der Waals surface area contributed by atoms with Crippen molar-refractivity contribution in [2.45, 2.75) is 24.5 Å². The van der Waals surface area contributed by atoms with Gasteiger partial charge in [0.1, 0.15) is 0 Å². The molecule has 7 nitrogen and oxygen atoms in total. The summed E-state index contributed by atoms with van der Waals surface area (Å²) < 4.78 is 65.5. The molecule has 1 amide bonds. The number of carbonyl (C=O) groups excluding carboxylic acids is 1. The van der Waals surface area contributed by atoms with Crippen molar-refractivity contribution in [2.75, 3.05) is 5.32 Å². The van der Waals surface area contributed by atoms with Gasteiger partial charge in [-0.15, -0.1) is 10.2 Å². The molecule has 0 saturated heterocycles. The van der Waals surface area contributed by atoms with E-state index in [0.717, 1.165) is 11.6 Å². The maximum absolute atomic E-state index is 12.6. The number of rotatable bonds is 6. The molecule has 1 heterocycles. The minimum absolute atomic E-state index is 0.0126. The number of hydrogen-bond acceptors (Lipinski definition) is 6. The van der Waals surface area contributed by atoms with E-state index < -0.39 is 27.1 Å². The van der Waals surface area contributed by atoms with Gasteiger partial charge in [0.05, 0.1) is 4.90 Å². The first-order valence-corrected chi connectivity index (χ1v) is 10.7. The van der Waals surface area contributed by atoms with E-state index in [-0.39, 0.29) is 33.5 Å². The second kappa shape index (κ2) is 8.50. The van der Waals surface area contributed by atoms with E-state index in [1.54, 1.807) is 37.3 Å². The highest BCUT2D eigenvalue weighted by Gasteiger charge is 2.36. The fraction of sp³-hybridized carbons (Fsp3) is 0.167. The molecule has 0 fully saturated rings. The Morgan fingerprint density at radius 3 is 2.43 bits per heavy atom. The number of halogens is 3. The van der Waals surface area contributed by atoms with Crippen molar-refractivity contribution in [3.05, 3.63) is 70.2 Å². The third-order valence-corrected chi connectivity index (χ3v) is 6.24. The molecule has 3 aromatic rings. The van der Waals surface area contributed by atoms with Gasteiger partial charge in [0.25, 0.3) is 5.91 Å². The lowest BCUT2D eigenvalue weighted by Crippen LogP contribution is -2.24. The van der Waals surface area contributed by atoms with Crippen molar-refractivity contribution in [2.24, 2.45) is 0 Å². The summed E-state index contributed by atoms with van der Waals surface area (Å²) in [6.45, 7) is 1.63. The molecule has 0 aliphatic carbocycles. The first kappa shape index (κ1) is 21.9. The van der Waals surface area contributed by atoms with Crippen LogP contribution in [0.15, 0.2) is 53.4 Å². The molecule has 0 radical (unpaired) electrons. The van der Waals surface area contributed by atoms with Crippen molar-refractivity contribution >= 4 is 32.4 Å². The molecule has 1 aromatic heterocycles. The minimum Gasteiger partial charge on any atom is -0.296 e. The highest BCUT2D eigenvalue weighted by molar-refractivity contribution is 7.89. The molecule has 2 aromatic carbocycles. The zero-order chi connectivity index (χ0) is 21.9. The maximum Gasteiger partial charge on any atom is 0.445 e. The number of aryl methyl sites for hydroxylation is 1. The Morgan fingerprint density at radius 1 is 1.10 bits per heavy atom. The van der Waals surface area contributed by atoms with Gasteiger partial charge in [-0.05, 0) is 30.2 Å². The topological polar surface area (TPSA) is 101 Å². The van der Waals surface area contributed by atoms with Gasteiger partial charge in [0.15, 0.2) is 0 Å². The van der Waals surface area contributed by atoms with Crippen molar-refractivity contribution in [1.29, 1.82) is 0 Å². The van der Waals surface area contributed by atoms with E-state index in [4.69, 9.17) is 0 Å². The fourth-order valence-corrected chi connectivity index (χ4v) is 4.07. The van der Waals surface area contributed by atoms with Gasteiger partial charge in [-0.3, -0.25) is 10.1 Å². The smallest absolute Gasteiger partial charge is 0.296 e. The molecule has 30 heavy (non-hydrogen) atoms. The largest absolute Gasteiger partial charge is 0.445 e. The van der Waals surface area contributed by atoms with Gasteiger partial charge in [-0.1, -0.05) is 47.7 Å². The van der Waals surface area contributed by atoms with E-state index >= 15 is 0 Å². The molecule has 0 unspecified atom stereocenters. The van der Waals surface area contributed by atoms with E-state index in [9.17, 15) is 26.4 Å². The summed E-state index contributed by atoms with van der Waals surface area (Å²) in [6, 6.07) is 12.8. The standard InChI is InChI=1S/C18H15F3N4O3S2/c1-11-7-8-13(30(27,28)22-10-12-5-3-2-4-6-12)9-14(11)15(26)23-17-25-24-16(29-17)18(19,20)21/h2-9,22H,10H2,1H3,(H,23,25,26). The number of anilines is 1. The molecule has 0 saturated carbocycles. The Kier molecular flexibility index (Phi) is 6.19. The van der Waals surface area contributed by atoms with Crippen LogP contribution in [0.25, 0.3) is 0 Å². The lowest BCUT2D eigenvalue weighted by molar-refractivity contribution is -0.138. The summed E-state index contributed by atoms with van der Waals surface area (Å²) in [4.78, 5) is 12.3. The van der Waals surface area contributed by atoms with Crippen LogP contribution in [0, 0.1) is 6.92 Å². The molecule has 0 aliphatic heterocycles. The van der Waals surface area contributed by atoms with E-state index in [0.29, 0.717) is 5.56 Å². The number of amides is 1. The highest BCUT2D eigenvalue weighted by atomic mass is 32.2. The second-order valence-corrected chi connectivity index (χ2v) is 8.90. The average Bonchev–Trinajstić information content (AvgIpc) is 3.16. The maximum atomic E-state index is 12.6. The third kappa shape index (κ3) is 5.20.